The van der Waals surface area contributed by atoms with Crippen LogP contribution in [0.4, 0.5) is 5.69 Å². The second-order valence-corrected chi connectivity index (χ2v) is 5.28. The third-order valence-electron chi connectivity index (χ3n) is 3.15. The zero-order valence-corrected chi connectivity index (χ0v) is 11.0. The summed E-state index contributed by atoms with van der Waals surface area (Å²) in [5.74, 6) is 0.910. The van der Waals surface area contributed by atoms with Gasteiger partial charge >= 0.3 is 0 Å². The van der Waals surface area contributed by atoms with Crippen LogP contribution in [0.1, 0.15) is 39.4 Å². The van der Waals surface area contributed by atoms with Gasteiger partial charge < -0.3 is 14.7 Å². The monoisotopic (exact) mass is 235 g/mol. The Kier molecular flexibility index (Phi) is 3.04. The fourth-order valence-corrected chi connectivity index (χ4v) is 2.28. The topological polar surface area (TPSA) is 32.7 Å². The maximum Gasteiger partial charge on any atom is 0.143 e. The molecule has 0 spiro atoms. The largest absolute Gasteiger partial charge is 0.484 e. The average molecular weight is 235 g/mol. The fraction of sp³-hybridized carbons (Fsp3) is 0.571. The van der Waals surface area contributed by atoms with E-state index in [4.69, 9.17) is 4.74 Å². The molecule has 17 heavy (non-hydrogen) atoms. The molecule has 0 amide bonds. The Morgan fingerprint density at radius 3 is 2.76 bits per heavy atom. The van der Waals surface area contributed by atoms with Crippen molar-refractivity contribution >= 4 is 5.69 Å². The number of hydrogen-bond donors (Lipinski definition) is 1. The first-order valence-electron chi connectivity index (χ1n) is 6.19. The predicted octanol–water partition coefficient (Wildman–Crippen LogP) is 2.74. The van der Waals surface area contributed by atoms with Gasteiger partial charge in [0.2, 0.25) is 0 Å². The second kappa shape index (κ2) is 4.22. The number of likely N-dealkylation sites (N-methyl/N-ethyl adjacent to an activating group) is 1. The summed E-state index contributed by atoms with van der Waals surface area (Å²) in [6.45, 7) is 9.94. The van der Waals surface area contributed by atoms with Gasteiger partial charge in [0.15, 0.2) is 0 Å². The molecule has 1 unspecified atom stereocenters. The summed E-state index contributed by atoms with van der Waals surface area (Å²) in [5.41, 5.74) is 1.87. The molecule has 1 aliphatic rings. The van der Waals surface area contributed by atoms with Crippen LogP contribution in [0.25, 0.3) is 0 Å². The molecule has 94 valence electrons. The minimum absolute atomic E-state index is 0.157. The Labute approximate surface area is 103 Å². The molecule has 2 rings (SSSR count). The molecule has 0 saturated carbocycles. The number of ether oxygens (including phenoxy) is 1. The first-order chi connectivity index (χ1) is 7.93. The summed E-state index contributed by atoms with van der Waals surface area (Å²) in [4.78, 5) is 2.30. The number of fused-ring (bicyclic) bond motifs is 1. The minimum Gasteiger partial charge on any atom is -0.484 e. The average Bonchev–Trinajstić information content (AvgIpc) is 2.26. The van der Waals surface area contributed by atoms with E-state index in [1.165, 1.54) is 0 Å². The molecule has 0 aromatic heterocycles. The lowest BCUT2D eigenvalue weighted by Gasteiger charge is -2.40. The SMILES string of the molecule is CCN1CC(C)(C)Oc2ccc(C(C)O)cc21. The van der Waals surface area contributed by atoms with Crippen LogP contribution in [-0.2, 0) is 0 Å². The highest BCUT2D eigenvalue weighted by Gasteiger charge is 2.31. The molecule has 1 aliphatic heterocycles. The molecular weight excluding hydrogens is 214 g/mol. The molecule has 1 aromatic carbocycles. The first-order valence-corrected chi connectivity index (χ1v) is 6.19. The van der Waals surface area contributed by atoms with E-state index >= 15 is 0 Å². The van der Waals surface area contributed by atoms with Crippen molar-refractivity contribution in [2.24, 2.45) is 0 Å². The van der Waals surface area contributed by atoms with Crippen LogP contribution < -0.4 is 9.64 Å². The van der Waals surface area contributed by atoms with E-state index < -0.39 is 6.10 Å². The summed E-state index contributed by atoms with van der Waals surface area (Å²) in [6, 6.07) is 5.92. The van der Waals surface area contributed by atoms with Crippen LogP contribution in [0, 0.1) is 0 Å². The number of anilines is 1. The third kappa shape index (κ3) is 2.39. The van der Waals surface area contributed by atoms with Gasteiger partial charge in [-0.05, 0) is 45.4 Å². The van der Waals surface area contributed by atoms with Crippen molar-refractivity contribution in [2.45, 2.75) is 39.4 Å². The van der Waals surface area contributed by atoms with Crippen LogP contribution >= 0.6 is 0 Å². The summed E-state index contributed by atoms with van der Waals surface area (Å²) >= 11 is 0. The lowest BCUT2D eigenvalue weighted by atomic mass is 10.0. The molecule has 1 atom stereocenters. The van der Waals surface area contributed by atoms with Crippen molar-refractivity contribution < 1.29 is 9.84 Å². The Morgan fingerprint density at radius 1 is 1.47 bits per heavy atom. The second-order valence-electron chi connectivity index (χ2n) is 5.28. The molecule has 0 saturated heterocycles. The number of aliphatic hydroxyl groups excluding tert-OH is 1. The molecule has 3 nitrogen and oxygen atoms in total. The Bertz CT molecular complexity index is 413. The molecule has 1 N–H and O–H groups in total. The molecular formula is C14H21NO2. The summed E-state index contributed by atoms with van der Waals surface area (Å²) in [5, 5.41) is 9.63. The number of aliphatic hydroxyl groups is 1. The van der Waals surface area contributed by atoms with Gasteiger partial charge in [0.05, 0.1) is 18.3 Å². The van der Waals surface area contributed by atoms with E-state index in [1.54, 1.807) is 6.92 Å². The van der Waals surface area contributed by atoms with Crippen LogP contribution in [0.15, 0.2) is 18.2 Å². The fourth-order valence-electron chi connectivity index (χ4n) is 2.28. The first kappa shape index (κ1) is 12.2. The minimum atomic E-state index is -0.436. The van der Waals surface area contributed by atoms with Gasteiger partial charge in [-0.3, -0.25) is 0 Å². The van der Waals surface area contributed by atoms with Crippen molar-refractivity contribution in [3.05, 3.63) is 23.8 Å². The lowest BCUT2D eigenvalue weighted by Crippen LogP contribution is -2.46. The highest BCUT2D eigenvalue weighted by molar-refractivity contribution is 5.62. The van der Waals surface area contributed by atoms with Gasteiger partial charge in [-0.2, -0.15) is 0 Å². The van der Waals surface area contributed by atoms with E-state index in [2.05, 4.69) is 25.7 Å². The van der Waals surface area contributed by atoms with E-state index in [1.807, 2.05) is 18.2 Å². The smallest absolute Gasteiger partial charge is 0.143 e. The van der Waals surface area contributed by atoms with Crippen molar-refractivity contribution in [3.8, 4) is 5.75 Å². The van der Waals surface area contributed by atoms with E-state index in [0.717, 1.165) is 30.1 Å². The Morgan fingerprint density at radius 2 is 2.18 bits per heavy atom. The summed E-state index contributed by atoms with van der Waals surface area (Å²) in [7, 11) is 0. The predicted molar refractivity (Wildman–Crippen MR) is 69.7 cm³/mol. The number of rotatable bonds is 2. The van der Waals surface area contributed by atoms with E-state index in [-0.39, 0.29) is 5.60 Å². The normalized spacial score (nSPS) is 19.5. The van der Waals surface area contributed by atoms with E-state index in [9.17, 15) is 5.11 Å². The molecule has 3 heteroatoms. The summed E-state index contributed by atoms with van der Waals surface area (Å²) < 4.78 is 5.96. The van der Waals surface area contributed by atoms with Crippen LogP contribution in [0.5, 0.6) is 5.75 Å². The molecule has 1 aromatic rings. The maximum atomic E-state index is 9.63. The number of nitrogens with zero attached hydrogens (tertiary/aromatic N) is 1. The highest BCUT2D eigenvalue weighted by Crippen LogP contribution is 2.38. The van der Waals surface area contributed by atoms with Gasteiger partial charge in [-0.15, -0.1) is 0 Å². The van der Waals surface area contributed by atoms with Crippen molar-refractivity contribution in [1.29, 1.82) is 0 Å². The van der Waals surface area contributed by atoms with Gasteiger partial charge in [0.25, 0.3) is 0 Å². The van der Waals surface area contributed by atoms with Crippen LogP contribution in [0.2, 0.25) is 0 Å². The standard InChI is InChI=1S/C14H21NO2/c1-5-15-9-14(3,4)17-13-7-6-11(10(2)16)8-12(13)15/h6-8,10,16H,5,9H2,1-4H3. The molecule has 0 aliphatic carbocycles. The Balaban J connectivity index is 2.43. The summed E-state index contributed by atoms with van der Waals surface area (Å²) in [6.07, 6.45) is -0.436. The van der Waals surface area contributed by atoms with Gasteiger partial charge in [0.1, 0.15) is 11.4 Å². The number of benzene rings is 1. The zero-order valence-electron chi connectivity index (χ0n) is 11.0. The van der Waals surface area contributed by atoms with Crippen LogP contribution in [-0.4, -0.2) is 23.8 Å². The highest BCUT2D eigenvalue weighted by atomic mass is 16.5. The van der Waals surface area contributed by atoms with Crippen molar-refractivity contribution in [3.63, 3.8) is 0 Å². The zero-order chi connectivity index (χ0) is 12.6. The maximum absolute atomic E-state index is 9.63. The quantitative estimate of drug-likeness (QED) is 0.855. The van der Waals surface area contributed by atoms with E-state index in [0.29, 0.717) is 0 Å². The molecule has 0 bridgehead atoms. The van der Waals surface area contributed by atoms with Crippen LogP contribution in [0.3, 0.4) is 0 Å². The Hall–Kier alpha value is -1.22. The van der Waals surface area contributed by atoms with Gasteiger partial charge in [-0.25, -0.2) is 0 Å². The molecule has 0 radical (unpaired) electrons. The van der Waals surface area contributed by atoms with Gasteiger partial charge in [-0.1, -0.05) is 6.07 Å². The molecule has 0 fully saturated rings. The van der Waals surface area contributed by atoms with Gasteiger partial charge in [0, 0.05) is 6.54 Å². The molecule has 1 heterocycles. The van der Waals surface area contributed by atoms with Crippen molar-refractivity contribution in [2.75, 3.05) is 18.0 Å². The third-order valence-corrected chi connectivity index (χ3v) is 3.15. The number of hydrogen-bond acceptors (Lipinski definition) is 3. The van der Waals surface area contributed by atoms with Crippen molar-refractivity contribution in [1.82, 2.24) is 0 Å². The lowest BCUT2D eigenvalue weighted by molar-refractivity contribution is 0.105.